The number of hydrogen-bond donors (Lipinski definition) is 1. The number of pyridine rings is 1. The van der Waals surface area contributed by atoms with Crippen molar-refractivity contribution in [2.75, 3.05) is 18.2 Å². The molecule has 27 heavy (non-hydrogen) atoms. The zero-order valence-corrected chi connectivity index (χ0v) is 15.6. The molecule has 3 aromatic rings. The van der Waals surface area contributed by atoms with E-state index in [0.29, 0.717) is 11.3 Å². The summed E-state index contributed by atoms with van der Waals surface area (Å²) >= 11 is 1.32. The van der Waals surface area contributed by atoms with Crippen LogP contribution in [0.5, 0.6) is 5.75 Å². The fraction of sp³-hybridized carbons (Fsp3) is 0.158. The Kier molecular flexibility index (Phi) is 5.56. The predicted molar refractivity (Wildman–Crippen MR) is 105 cm³/mol. The molecule has 1 heterocycles. The van der Waals surface area contributed by atoms with Crippen molar-refractivity contribution >= 4 is 39.9 Å². The van der Waals surface area contributed by atoms with Gasteiger partial charge in [-0.25, -0.2) is 4.98 Å². The maximum Gasteiger partial charge on any atom is 0.311 e. The summed E-state index contributed by atoms with van der Waals surface area (Å²) in [6, 6.07) is 14.5. The third-order valence-corrected chi connectivity index (χ3v) is 4.85. The number of carbonyl (C=O) groups is 1. The number of nitrogens with one attached hydrogen (secondary N) is 1. The smallest absolute Gasteiger partial charge is 0.311 e. The lowest BCUT2D eigenvalue weighted by Crippen LogP contribution is -2.15. The Bertz CT molecular complexity index is 1020. The summed E-state index contributed by atoms with van der Waals surface area (Å²) in [5.41, 5.74) is 1.81. The van der Waals surface area contributed by atoms with Crippen LogP contribution in [0.15, 0.2) is 53.6 Å². The molecule has 2 aromatic carbocycles. The number of benzene rings is 2. The Morgan fingerprint density at radius 3 is 2.78 bits per heavy atom. The second kappa shape index (κ2) is 8.05. The molecule has 0 saturated carbocycles. The van der Waals surface area contributed by atoms with Gasteiger partial charge in [0, 0.05) is 23.2 Å². The van der Waals surface area contributed by atoms with Gasteiger partial charge < -0.3 is 10.1 Å². The largest absolute Gasteiger partial charge is 0.490 e. The number of hydrogen-bond acceptors (Lipinski definition) is 6. The zero-order chi connectivity index (χ0) is 19.4. The van der Waals surface area contributed by atoms with Crippen molar-refractivity contribution < 1.29 is 14.5 Å². The number of para-hydroxylation sites is 1. The van der Waals surface area contributed by atoms with Gasteiger partial charge in [-0.2, -0.15) is 0 Å². The third-order valence-electron chi connectivity index (χ3n) is 3.92. The number of methoxy groups -OCH3 is 1. The van der Waals surface area contributed by atoms with E-state index in [-0.39, 0.29) is 23.1 Å². The first-order valence-corrected chi connectivity index (χ1v) is 9.08. The number of aryl methyl sites for hydroxylation is 1. The molecule has 0 aliphatic heterocycles. The molecule has 1 amide bonds. The van der Waals surface area contributed by atoms with Crippen LogP contribution in [0.4, 0.5) is 11.4 Å². The fourth-order valence-electron chi connectivity index (χ4n) is 2.57. The van der Waals surface area contributed by atoms with E-state index < -0.39 is 4.92 Å². The highest BCUT2D eigenvalue weighted by Crippen LogP contribution is 2.33. The first-order chi connectivity index (χ1) is 13.0. The van der Waals surface area contributed by atoms with Crippen molar-refractivity contribution in [3.8, 4) is 5.75 Å². The standard InChI is InChI=1S/C19H17N3O4S/c1-12-9-16(22(24)25)17(26-2)10-15(12)20-18(23)11-27-19-8-7-13-5-3-4-6-14(13)21-19/h3-10H,11H2,1-2H3,(H,20,23). The molecular formula is C19H17N3O4S. The Balaban J connectivity index is 1.69. The molecule has 1 N–H and O–H groups in total. The second-order valence-electron chi connectivity index (χ2n) is 5.78. The van der Waals surface area contributed by atoms with Gasteiger partial charge in [0.05, 0.1) is 28.3 Å². The van der Waals surface area contributed by atoms with Crippen LogP contribution in [0.1, 0.15) is 5.56 Å². The van der Waals surface area contributed by atoms with Gasteiger partial charge in [0.2, 0.25) is 5.91 Å². The molecule has 0 bridgehead atoms. The molecule has 8 heteroatoms. The van der Waals surface area contributed by atoms with Crippen LogP contribution in [-0.2, 0) is 4.79 Å². The summed E-state index contributed by atoms with van der Waals surface area (Å²) in [5, 5.41) is 15.6. The molecule has 138 valence electrons. The minimum atomic E-state index is -0.515. The van der Waals surface area contributed by atoms with Crippen LogP contribution in [0.2, 0.25) is 0 Å². The average molecular weight is 383 g/mol. The molecule has 0 aliphatic carbocycles. The number of amides is 1. The fourth-order valence-corrected chi connectivity index (χ4v) is 3.25. The number of nitro benzene ring substituents is 1. The van der Waals surface area contributed by atoms with Crippen molar-refractivity contribution in [3.63, 3.8) is 0 Å². The van der Waals surface area contributed by atoms with Gasteiger partial charge in [-0.05, 0) is 24.6 Å². The van der Waals surface area contributed by atoms with E-state index in [2.05, 4.69) is 10.3 Å². The highest BCUT2D eigenvalue weighted by atomic mass is 32.2. The van der Waals surface area contributed by atoms with Gasteiger partial charge >= 0.3 is 5.69 Å². The summed E-state index contributed by atoms with van der Waals surface area (Å²) in [4.78, 5) is 27.3. The molecular weight excluding hydrogens is 366 g/mol. The van der Waals surface area contributed by atoms with Crippen molar-refractivity contribution in [2.45, 2.75) is 11.9 Å². The van der Waals surface area contributed by atoms with Crippen molar-refractivity contribution in [3.05, 3.63) is 64.2 Å². The zero-order valence-electron chi connectivity index (χ0n) is 14.8. The summed E-state index contributed by atoms with van der Waals surface area (Å²) < 4.78 is 5.05. The summed E-state index contributed by atoms with van der Waals surface area (Å²) in [7, 11) is 1.35. The van der Waals surface area contributed by atoms with E-state index in [1.54, 1.807) is 6.92 Å². The number of nitro groups is 1. The minimum absolute atomic E-state index is 0.102. The van der Waals surface area contributed by atoms with E-state index >= 15 is 0 Å². The number of rotatable bonds is 6. The van der Waals surface area contributed by atoms with Gasteiger partial charge in [0.25, 0.3) is 0 Å². The van der Waals surface area contributed by atoms with Crippen LogP contribution >= 0.6 is 11.8 Å². The van der Waals surface area contributed by atoms with E-state index in [1.807, 2.05) is 36.4 Å². The molecule has 1 aromatic heterocycles. The van der Waals surface area contributed by atoms with Crippen LogP contribution in [0.25, 0.3) is 10.9 Å². The molecule has 0 unspecified atom stereocenters. The Labute approximate surface area is 159 Å². The molecule has 0 spiro atoms. The highest BCUT2D eigenvalue weighted by Gasteiger charge is 2.18. The normalized spacial score (nSPS) is 10.6. The first kappa shape index (κ1) is 18.7. The lowest BCUT2D eigenvalue weighted by atomic mass is 10.1. The summed E-state index contributed by atoms with van der Waals surface area (Å²) in [6.45, 7) is 1.69. The van der Waals surface area contributed by atoms with Gasteiger partial charge in [0.15, 0.2) is 5.75 Å². The van der Waals surface area contributed by atoms with E-state index in [4.69, 9.17) is 4.74 Å². The van der Waals surface area contributed by atoms with E-state index in [9.17, 15) is 14.9 Å². The predicted octanol–water partition coefficient (Wildman–Crippen LogP) is 4.19. The van der Waals surface area contributed by atoms with Crippen LogP contribution in [0.3, 0.4) is 0 Å². The molecule has 0 radical (unpaired) electrons. The second-order valence-corrected chi connectivity index (χ2v) is 6.77. The molecule has 0 saturated heterocycles. The van der Waals surface area contributed by atoms with Crippen LogP contribution in [-0.4, -0.2) is 28.7 Å². The molecule has 0 atom stereocenters. The molecule has 7 nitrogen and oxygen atoms in total. The van der Waals surface area contributed by atoms with Crippen molar-refractivity contribution in [1.82, 2.24) is 4.98 Å². The number of nitrogens with zero attached hydrogens (tertiary/aromatic N) is 2. The van der Waals surface area contributed by atoms with Crippen LogP contribution in [0, 0.1) is 17.0 Å². The van der Waals surface area contributed by atoms with E-state index in [1.165, 1.54) is 31.0 Å². The van der Waals surface area contributed by atoms with Crippen molar-refractivity contribution in [1.29, 1.82) is 0 Å². The Hall–Kier alpha value is -3.13. The van der Waals surface area contributed by atoms with Crippen molar-refractivity contribution in [2.24, 2.45) is 0 Å². The van der Waals surface area contributed by atoms with Gasteiger partial charge in [-0.1, -0.05) is 36.0 Å². The molecule has 0 fully saturated rings. The first-order valence-electron chi connectivity index (χ1n) is 8.09. The van der Waals surface area contributed by atoms with Gasteiger partial charge in [-0.15, -0.1) is 0 Å². The number of fused-ring (bicyclic) bond motifs is 1. The lowest BCUT2D eigenvalue weighted by Gasteiger charge is -2.11. The number of ether oxygens (including phenoxy) is 1. The van der Waals surface area contributed by atoms with E-state index in [0.717, 1.165) is 15.9 Å². The minimum Gasteiger partial charge on any atom is -0.490 e. The summed E-state index contributed by atoms with van der Waals surface area (Å²) in [5.74, 6) is 0.0445. The monoisotopic (exact) mass is 383 g/mol. The third kappa shape index (κ3) is 4.35. The lowest BCUT2D eigenvalue weighted by molar-refractivity contribution is -0.385. The molecule has 0 aliphatic rings. The number of thioether (sulfide) groups is 1. The number of aromatic nitrogens is 1. The maximum atomic E-state index is 12.3. The van der Waals surface area contributed by atoms with Gasteiger partial charge in [0.1, 0.15) is 0 Å². The quantitative estimate of drug-likeness (QED) is 0.390. The SMILES string of the molecule is COc1cc(NC(=O)CSc2ccc3ccccc3n2)c(C)cc1[N+](=O)[O-]. The van der Waals surface area contributed by atoms with Gasteiger partial charge in [-0.3, -0.25) is 14.9 Å². The number of anilines is 1. The number of carbonyl (C=O) groups excluding carboxylic acids is 1. The summed E-state index contributed by atoms with van der Waals surface area (Å²) in [6.07, 6.45) is 0. The molecule has 3 rings (SSSR count). The maximum absolute atomic E-state index is 12.3. The Morgan fingerprint density at radius 2 is 2.04 bits per heavy atom. The highest BCUT2D eigenvalue weighted by molar-refractivity contribution is 7.99. The average Bonchev–Trinajstić information content (AvgIpc) is 2.67. The topological polar surface area (TPSA) is 94.4 Å². The van der Waals surface area contributed by atoms with Crippen LogP contribution < -0.4 is 10.1 Å². The Morgan fingerprint density at radius 1 is 1.26 bits per heavy atom.